The van der Waals surface area contributed by atoms with E-state index in [9.17, 15) is 14.5 Å². The SMILES string of the molecule is O=[N+]([O-])c1ccc(Br)c(Oc2cc(F)ncn2)c1. The van der Waals surface area contributed by atoms with E-state index in [4.69, 9.17) is 4.74 Å². The van der Waals surface area contributed by atoms with Crippen molar-refractivity contribution in [2.45, 2.75) is 0 Å². The van der Waals surface area contributed by atoms with Crippen LogP contribution in [0, 0.1) is 16.1 Å². The van der Waals surface area contributed by atoms with Crippen molar-refractivity contribution in [3.63, 3.8) is 0 Å². The van der Waals surface area contributed by atoms with E-state index < -0.39 is 10.9 Å². The highest BCUT2D eigenvalue weighted by molar-refractivity contribution is 9.10. The summed E-state index contributed by atoms with van der Waals surface area (Å²) in [6.45, 7) is 0. The smallest absolute Gasteiger partial charge is 0.273 e. The van der Waals surface area contributed by atoms with Gasteiger partial charge in [-0.25, -0.2) is 9.97 Å². The van der Waals surface area contributed by atoms with Crippen molar-refractivity contribution in [2.75, 3.05) is 0 Å². The maximum Gasteiger partial charge on any atom is 0.273 e. The molecule has 6 nitrogen and oxygen atoms in total. The fourth-order valence-electron chi connectivity index (χ4n) is 1.17. The third kappa shape index (κ3) is 2.77. The summed E-state index contributed by atoms with van der Waals surface area (Å²) in [6, 6.07) is 4.97. The Morgan fingerprint density at radius 1 is 1.33 bits per heavy atom. The lowest BCUT2D eigenvalue weighted by atomic mass is 10.3. The number of aromatic nitrogens is 2. The number of hydrogen-bond donors (Lipinski definition) is 0. The number of non-ortho nitro benzene ring substituents is 1. The molecule has 0 atom stereocenters. The topological polar surface area (TPSA) is 78.2 Å². The Bertz CT molecular complexity index is 609. The van der Waals surface area contributed by atoms with Crippen molar-refractivity contribution in [2.24, 2.45) is 0 Å². The average molecular weight is 314 g/mol. The summed E-state index contributed by atoms with van der Waals surface area (Å²) in [5.41, 5.74) is -0.136. The van der Waals surface area contributed by atoms with E-state index in [0.717, 1.165) is 12.4 Å². The first-order chi connectivity index (χ1) is 8.56. The highest BCUT2D eigenvalue weighted by Crippen LogP contribution is 2.32. The highest BCUT2D eigenvalue weighted by atomic mass is 79.9. The van der Waals surface area contributed by atoms with Crippen molar-refractivity contribution in [1.82, 2.24) is 9.97 Å². The van der Waals surface area contributed by atoms with Gasteiger partial charge in [-0.2, -0.15) is 4.39 Å². The largest absolute Gasteiger partial charge is 0.437 e. The number of nitro benzene ring substituents is 1. The van der Waals surface area contributed by atoms with Gasteiger partial charge in [0.1, 0.15) is 6.33 Å². The maximum atomic E-state index is 12.8. The first-order valence-corrected chi connectivity index (χ1v) is 5.45. The first kappa shape index (κ1) is 12.4. The molecule has 92 valence electrons. The molecule has 8 heteroatoms. The van der Waals surface area contributed by atoms with Gasteiger partial charge in [0, 0.05) is 6.07 Å². The zero-order chi connectivity index (χ0) is 13.1. The molecule has 1 aromatic heterocycles. The molecule has 0 aliphatic heterocycles. The molecular weight excluding hydrogens is 309 g/mol. The van der Waals surface area contributed by atoms with E-state index in [1.165, 1.54) is 18.2 Å². The van der Waals surface area contributed by atoms with E-state index in [2.05, 4.69) is 25.9 Å². The number of halogens is 2. The van der Waals surface area contributed by atoms with E-state index in [1.807, 2.05) is 0 Å². The van der Waals surface area contributed by atoms with E-state index in [-0.39, 0.29) is 17.3 Å². The summed E-state index contributed by atoms with van der Waals surface area (Å²) < 4.78 is 18.6. The minimum atomic E-state index is -0.749. The number of nitrogens with zero attached hydrogens (tertiary/aromatic N) is 3. The van der Waals surface area contributed by atoms with Crippen LogP contribution in [0.1, 0.15) is 0 Å². The minimum Gasteiger partial charge on any atom is -0.437 e. The minimum absolute atomic E-state index is 0.0382. The molecule has 1 aromatic carbocycles. The molecule has 18 heavy (non-hydrogen) atoms. The normalized spacial score (nSPS) is 10.1. The van der Waals surface area contributed by atoms with Gasteiger partial charge in [-0.15, -0.1) is 0 Å². The fraction of sp³-hybridized carbons (Fsp3) is 0. The molecule has 1 heterocycles. The van der Waals surface area contributed by atoms with Gasteiger partial charge in [-0.1, -0.05) is 0 Å². The van der Waals surface area contributed by atoms with Crippen molar-refractivity contribution < 1.29 is 14.1 Å². The summed E-state index contributed by atoms with van der Waals surface area (Å²) in [4.78, 5) is 17.0. The van der Waals surface area contributed by atoms with Crippen LogP contribution < -0.4 is 4.74 Å². The number of hydrogen-bond acceptors (Lipinski definition) is 5. The van der Waals surface area contributed by atoms with Crippen molar-refractivity contribution in [1.29, 1.82) is 0 Å². The van der Waals surface area contributed by atoms with E-state index >= 15 is 0 Å². The maximum absolute atomic E-state index is 12.8. The van der Waals surface area contributed by atoms with Gasteiger partial charge < -0.3 is 4.74 Å². The van der Waals surface area contributed by atoms with E-state index in [1.54, 1.807) is 0 Å². The molecule has 0 N–H and O–H groups in total. The summed E-state index contributed by atoms with van der Waals surface area (Å²) in [5.74, 6) is -0.618. The Morgan fingerprint density at radius 2 is 2.11 bits per heavy atom. The van der Waals surface area contributed by atoms with E-state index in [0.29, 0.717) is 4.47 Å². The second kappa shape index (κ2) is 5.05. The zero-order valence-electron chi connectivity index (χ0n) is 8.71. The van der Waals surface area contributed by atoms with Crippen LogP contribution in [0.2, 0.25) is 0 Å². The van der Waals surface area contributed by atoms with Crippen LogP contribution in [-0.4, -0.2) is 14.9 Å². The number of ether oxygens (including phenoxy) is 1. The average Bonchev–Trinajstić information content (AvgIpc) is 2.31. The third-order valence-corrected chi connectivity index (χ3v) is 2.60. The van der Waals surface area contributed by atoms with Crippen LogP contribution in [0.4, 0.5) is 10.1 Å². The molecule has 0 saturated heterocycles. The molecule has 0 radical (unpaired) electrons. The number of rotatable bonds is 3. The second-order valence-corrected chi connectivity index (χ2v) is 4.01. The standard InChI is InChI=1S/C10H5BrFN3O3/c11-7-2-1-6(15(16)17)3-8(7)18-10-4-9(12)13-5-14-10/h1-5H. The monoisotopic (exact) mass is 313 g/mol. The summed E-state index contributed by atoms with van der Waals surface area (Å²) in [6.07, 6.45) is 0.996. The van der Waals surface area contributed by atoms with Crippen LogP contribution in [-0.2, 0) is 0 Å². The predicted octanol–water partition coefficient (Wildman–Crippen LogP) is 3.08. The van der Waals surface area contributed by atoms with Crippen LogP contribution >= 0.6 is 15.9 Å². The van der Waals surface area contributed by atoms with Gasteiger partial charge in [0.15, 0.2) is 5.75 Å². The van der Waals surface area contributed by atoms with Crippen LogP contribution in [0.25, 0.3) is 0 Å². The summed E-state index contributed by atoms with van der Waals surface area (Å²) in [5, 5.41) is 10.6. The van der Waals surface area contributed by atoms with Crippen molar-refractivity contribution in [3.05, 3.63) is 51.1 Å². The molecule has 0 aliphatic rings. The van der Waals surface area contributed by atoms with Gasteiger partial charge in [0.05, 0.1) is 21.5 Å². The molecule has 0 spiro atoms. The molecule has 0 fully saturated rings. The quantitative estimate of drug-likeness (QED) is 0.494. The summed E-state index contributed by atoms with van der Waals surface area (Å²) in [7, 11) is 0. The van der Waals surface area contributed by atoms with Crippen molar-refractivity contribution in [3.8, 4) is 11.6 Å². The van der Waals surface area contributed by atoms with Gasteiger partial charge in [0.25, 0.3) is 5.69 Å². The zero-order valence-corrected chi connectivity index (χ0v) is 10.3. The van der Waals surface area contributed by atoms with Gasteiger partial charge in [-0.05, 0) is 22.0 Å². The second-order valence-electron chi connectivity index (χ2n) is 3.15. The molecular formula is C10H5BrFN3O3. The van der Waals surface area contributed by atoms with Gasteiger partial charge >= 0.3 is 0 Å². The molecule has 0 unspecified atom stereocenters. The molecule has 0 amide bonds. The lowest BCUT2D eigenvalue weighted by molar-refractivity contribution is -0.384. The van der Waals surface area contributed by atoms with Gasteiger partial charge in [-0.3, -0.25) is 10.1 Å². The van der Waals surface area contributed by atoms with Crippen LogP contribution in [0.5, 0.6) is 11.6 Å². The Hall–Kier alpha value is -2.09. The third-order valence-electron chi connectivity index (χ3n) is 1.95. The Morgan fingerprint density at radius 3 is 2.78 bits per heavy atom. The number of nitro groups is 1. The van der Waals surface area contributed by atoms with Crippen LogP contribution in [0.15, 0.2) is 35.1 Å². The lowest BCUT2D eigenvalue weighted by Gasteiger charge is -2.06. The summed E-state index contributed by atoms with van der Waals surface area (Å²) >= 11 is 3.17. The molecule has 0 bridgehead atoms. The highest BCUT2D eigenvalue weighted by Gasteiger charge is 2.12. The van der Waals surface area contributed by atoms with Gasteiger partial charge in [0.2, 0.25) is 11.8 Å². The predicted molar refractivity (Wildman–Crippen MR) is 62.9 cm³/mol. The molecule has 2 aromatic rings. The van der Waals surface area contributed by atoms with Crippen LogP contribution in [0.3, 0.4) is 0 Å². The van der Waals surface area contributed by atoms with Crippen molar-refractivity contribution >= 4 is 21.6 Å². The Balaban J connectivity index is 2.33. The lowest BCUT2D eigenvalue weighted by Crippen LogP contribution is -1.93. The molecule has 2 rings (SSSR count). The molecule has 0 aliphatic carbocycles. The molecule has 0 saturated carbocycles. The fourth-order valence-corrected chi connectivity index (χ4v) is 1.50. The Labute approximate surface area is 109 Å². The number of benzene rings is 1. The first-order valence-electron chi connectivity index (χ1n) is 4.65. The Kier molecular flexibility index (Phi) is 3.47.